The number of amides is 2. The lowest BCUT2D eigenvalue weighted by molar-refractivity contribution is -0.191. The number of rotatable bonds is 4. The molecule has 1 spiro atoms. The highest BCUT2D eigenvalue weighted by atomic mass is 19.4. The molecule has 0 aliphatic carbocycles. The lowest BCUT2D eigenvalue weighted by Gasteiger charge is -2.41. The first-order chi connectivity index (χ1) is 17.7. The van der Waals surface area contributed by atoms with Crippen LogP contribution in [0, 0.1) is 5.92 Å². The maximum atomic E-state index is 13.6. The van der Waals surface area contributed by atoms with Gasteiger partial charge in [0.25, 0.3) is 5.91 Å². The number of halogens is 3. The number of fused-ring (bicyclic) bond motifs is 1. The lowest BCUT2D eigenvalue weighted by Crippen LogP contribution is -2.58. The molecule has 2 amide bonds. The Balaban J connectivity index is 1.25. The number of furan rings is 1. The minimum Gasteiger partial charge on any atom is -0.464 e. The predicted octanol–water partition coefficient (Wildman–Crippen LogP) is 4.26. The van der Waals surface area contributed by atoms with Crippen LogP contribution in [-0.2, 0) is 14.3 Å². The van der Waals surface area contributed by atoms with Gasteiger partial charge in [0.2, 0.25) is 0 Å². The van der Waals surface area contributed by atoms with Gasteiger partial charge in [0.15, 0.2) is 0 Å². The zero-order valence-electron chi connectivity index (χ0n) is 19.8. The van der Waals surface area contributed by atoms with Gasteiger partial charge in [-0.3, -0.25) is 19.5 Å². The minimum absolute atomic E-state index is 0.0407. The highest BCUT2D eigenvalue weighted by Crippen LogP contribution is 2.36. The molecule has 6 rings (SSSR count). The number of nitrogens with zero attached hydrogens (tertiary/aromatic N) is 3. The standard InChI is InChI=1S/C27H24F3N3O4/c28-27(29,30)25(35)32-14-17(15-32)16-33-23(31-26(24(33)34)8-11-36-12-9-26)19-3-1-18(2-4-19)20-5-6-22-21(13-20)7-10-37-22/h1-7,10,13,17H,8-9,11-12,14-16H2. The number of hydrogen-bond donors (Lipinski definition) is 0. The van der Waals surface area contributed by atoms with E-state index in [-0.39, 0.29) is 31.5 Å². The number of carbonyl (C=O) groups excluding carboxylic acids is 2. The zero-order chi connectivity index (χ0) is 25.8. The minimum atomic E-state index is -4.89. The van der Waals surface area contributed by atoms with Crippen molar-refractivity contribution >= 4 is 28.6 Å². The smallest absolute Gasteiger partial charge is 0.464 e. The number of alkyl halides is 3. The summed E-state index contributed by atoms with van der Waals surface area (Å²) in [6.07, 6.45) is -2.33. The number of carbonyl (C=O) groups is 2. The van der Waals surface area contributed by atoms with Crippen LogP contribution in [0.15, 0.2) is 64.2 Å². The molecule has 3 aliphatic rings. The normalized spacial score (nSPS) is 20.0. The first kappa shape index (κ1) is 23.7. The quantitative estimate of drug-likeness (QED) is 0.525. The van der Waals surface area contributed by atoms with Gasteiger partial charge in [-0.1, -0.05) is 30.3 Å². The van der Waals surface area contributed by atoms with Crippen LogP contribution in [0.1, 0.15) is 18.4 Å². The van der Waals surface area contributed by atoms with Gasteiger partial charge in [0.05, 0.1) is 6.26 Å². The van der Waals surface area contributed by atoms with Crippen LogP contribution in [-0.4, -0.2) is 72.0 Å². The molecule has 7 nitrogen and oxygen atoms in total. The van der Waals surface area contributed by atoms with Gasteiger partial charge in [-0.2, -0.15) is 13.2 Å². The van der Waals surface area contributed by atoms with Gasteiger partial charge in [-0.15, -0.1) is 0 Å². The summed E-state index contributed by atoms with van der Waals surface area (Å²) in [5, 5.41) is 0.999. The summed E-state index contributed by atoms with van der Waals surface area (Å²) < 4.78 is 49.2. The number of amidine groups is 1. The van der Waals surface area contributed by atoms with Crippen molar-refractivity contribution < 1.29 is 31.9 Å². The molecular weight excluding hydrogens is 487 g/mol. The fourth-order valence-electron chi connectivity index (χ4n) is 5.33. The average molecular weight is 512 g/mol. The van der Waals surface area contributed by atoms with Crippen molar-refractivity contribution in [3.05, 3.63) is 60.4 Å². The van der Waals surface area contributed by atoms with Crippen LogP contribution < -0.4 is 0 Å². The van der Waals surface area contributed by atoms with Crippen LogP contribution in [0.25, 0.3) is 22.1 Å². The zero-order valence-corrected chi connectivity index (χ0v) is 19.8. The molecule has 2 fully saturated rings. The molecule has 37 heavy (non-hydrogen) atoms. The number of benzene rings is 2. The monoisotopic (exact) mass is 511 g/mol. The Morgan fingerprint density at radius 2 is 1.68 bits per heavy atom. The van der Waals surface area contributed by atoms with Gasteiger partial charge in [-0.25, -0.2) is 0 Å². The van der Waals surface area contributed by atoms with E-state index in [2.05, 4.69) is 0 Å². The first-order valence-electron chi connectivity index (χ1n) is 12.2. The Hall–Kier alpha value is -3.66. The first-order valence-corrected chi connectivity index (χ1v) is 12.2. The Kier molecular flexibility index (Phi) is 5.59. The highest BCUT2D eigenvalue weighted by molar-refractivity contribution is 6.15. The maximum Gasteiger partial charge on any atom is 0.471 e. The molecule has 0 saturated carbocycles. The second kappa shape index (κ2) is 8.72. The molecule has 4 heterocycles. The van der Waals surface area contributed by atoms with E-state index in [1.165, 1.54) is 0 Å². The fourth-order valence-corrected chi connectivity index (χ4v) is 5.33. The molecule has 0 bridgehead atoms. The summed E-state index contributed by atoms with van der Waals surface area (Å²) in [5.41, 5.74) is 2.66. The van der Waals surface area contributed by atoms with Crippen molar-refractivity contribution in [3.63, 3.8) is 0 Å². The third kappa shape index (κ3) is 4.19. The average Bonchev–Trinajstić information content (AvgIpc) is 3.44. The molecule has 10 heteroatoms. The second-order valence-corrected chi connectivity index (χ2v) is 9.82. The summed E-state index contributed by atoms with van der Waals surface area (Å²) in [6.45, 7) is 0.967. The van der Waals surface area contributed by atoms with Crippen molar-refractivity contribution in [2.45, 2.75) is 24.6 Å². The fraction of sp³-hybridized carbons (Fsp3) is 0.370. The van der Waals surface area contributed by atoms with Gasteiger partial charge < -0.3 is 14.1 Å². The highest BCUT2D eigenvalue weighted by Gasteiger charge is 2.51. The van der Waals surface area contributed by atoms with E-state index in [0.717, 1.165) is 32.6 Å². The Bertz CT molecular complexity index is 1380. The number of likely N-dealkylation sites (tertiary alicyclic amines) is 1. The van der Waals surface area contributed by atoms with E-state index in [9.17, 15) is 22.8 Å². The Morgan fingerprint density at radius 3 is 2.38 bits per heavy atom. The van der Waals surface area contributed by atoms with Gasteiger partial charge >= 0.3 is 12.1 Å². The van der Waals surface area contributed by atoms with Crippen molar-refractivity contribution in [1.29, 1.82) is 0 Å². The van der Waals surface area contributed by atoms with Crippen LogP contribution in [0.5, 0.6) is 0 Å². The third-order valence-electron chi connectivity index (χ3n) is 7.40. The molecule has 3 aromatic rings. The molecule has 192 valence electrons. The van der Waals surface area contributed by atoms with Gasteiger partial charge in [-0.05, 0) is 29.3 Å². The molecule has 0 N–H and O–H groups in total. The summed E-state index contributed by atoms with van der Waals surface area (Å²) in [4.78, 5) is 32.4. The summed E-state index contributed by atoms with van der Waals surface area (Å²) in [6, 6.07) is 15.6. The molecule has 0 radical (unpaired) electrons. The van der Waals surface area contributed by atoms with Crippen LogP contribution >= 0.6 is 0 Å². The van der Waals surface area contributed by atoms with Gasteiger partial charge in [0.1, 0.15) is 17.0 Å². The number of hydrogen-bond acceptors (Lipinski definition) is 5. The summed E-state index contributed by atoms with van der Waals surface area (Å²) in [5.74, 6) is -1.72. The van der Waals surface area contributed by atoms with E-state index < -0.39 is 17.6 Å². The molecule has 2 aromatic carbocycles. The Morgan fingerprint density at radius 1 is 1.00 bits per heavy atom. The van der Waals surface area contributed by atoms with E-state index in [1.807, 2.05) is 48.5 Å². The molecule has 3 aliphatic heterocycles. The topological polar surface area (TPSA) is 75.4 Å². The van der Waals surface area contributed by atoms with Crippen molar-refractivity contribution in [3.8, 4) is 11.1 Å². The summed E-state index contributed by atoms with van der Waals surface area (Å²) in [7, 11) is 0. The van der Waals surface area contributed by atoms with Crippen LogP contribution in [0.2, 0.25) is 0 Å². The predicted molar refractivity (Wildman–Crippen MR) is 129 cm³/mol. The van der Waals surface area contributed by atoms with E-state index >= 15 is 0 Å². The van der Waals surface area contributed by atoms with Gasteiger partial charge in [0, 0.05) is 62.6 Å². The van der Waals surface area contributed by atoms with Crippen LogP contribution in [0.3, 0.4) is 0 Å². The number of ether oxygens (including phenoxy) is 1. The molecule has 0 unspecified atom stereocenters. The van der Waals surface area contributed by atoms with E-state index in [1.54, 1.807) is 11.2 Å². The van der Waals surface area contributed by atoms with Crippen LogP contribution in [0.4, 0.5) is 13.2 Å². The van der Waals surface area contributed by atoms with E-state index in [0.29, 0.717) is 31.9 Å². The lowest BCUT2D eigenvalue weighted by atomic mass is 9.90. The maximum absolute atomic E-state index is 13.6. The largest absolute Gasteiger partial charge is 0.471 e. The number of aliphatic imine (C=N–C) groups is 1. The SMILES string of the molecule is O=C(N1CC(CN2C(=O)C3(CCOCC3)N=C2c2ccc(-c3ccc4occc4c3)cc2)C1)C(F)(F)F. The third-order valence-corrected chi connectivity index (χ3v) is 7.40. The molecule has 0 atom stereocenters. The molecular formula is C27H24F3N3O4. The van der Waals surface area contributed by atoms with E-state index in [4.69, 9.17) is 14.1 Å². The van der Waals surface area contributed by atoms with Crippen molar-refractivity contribution in [1.82, 2.24) is 9.80 Å². The Labute approximate surface area is 210 Å². The summed E-state index contributed by atoms with van der Waals surface area (Å²) >= 11 is 0. The second-order valence-electron chi connectivity index (χ2n) is 9.82. The molecule has 2 saturated heterocycles. The van der Waals surface area contributed by atoms with Crippen molar-refractivity contribution in [2.24, 2.45) is 10.9 Å². The van der Waals surface area contributed by atoms with Crippen molar-refractivity contribution in [2.75, 3.05) is 32.8 Å². The molecule has 1 aromatic heterocycles.